The quantitative estimate of drug-likeness (QED) is 0.167. The predicted octanol–water partition coefficient (Wildman–Crippen LogP) is 11.6. The Hall–Kier alpha value is -6.32. The topological polar surface area (TPSA) is 6.48 Å². The molecule has 0 N–H and O–H groups in total. The van der Waals surface area contributed by atoms with E-state index in [0.29, 0.717) is 0 Å². The smallest absolute Gasteiger partial charge is 0.248 e. The third-order valence-corrected chi connectivity index (χ3v) is 11.2. The molecule has 0 saturated heterocycles. The fraction of sp³-hybridized carbons (Fsp3) is 0.0800. The number of anilines is 6. The first-order chi connectivity index (χ1) is 25.9. The lowest BCUT2D eigenvalue weighted by Gasteiger charge is -2.36. The predicted molar refractivity (Wildman–Crippen MR) is 228 cm³/mol. The summed E-state index contributed by atoms with van der Waals surface area (Å²) in [4.78, 5) is 4.90. The summed E-state index contributed by atoms with van der Waals surface area (Å²) in [5.41, 5.74) is 17.7. The van der Waals surface area contributed by atoms with Crippen LogP contribution in [0.25, 0.3) is 33.0 Å². The first kappa shape index (κ1) is 31.4. The largest absolute Gasteiger partial charge is 0.311 e. The standard InChI is InChI=1S/C50H39BN2/c1-50(2,3)37-27-24-34(25-28-37)36-26-30-45-48(32-36)53(39-18-8-5-9-19-39)47-23-13-21-42-43-33-40(29-31-44(43)51(45)49(42)47)52(38-16-6-4-7-17-38)46-22-12-15-35-14-10-11-20-41(35)46/h4-33H,1-3H3. The van der Waals surface area contributed by atoms with Crippen LogP contribution >= 0.6 is 0 Å². The summed E-state index contributed by atoms with van der Waals surface area (Å²) in [5, 5.41) is 2.46. The highest BCUT2D eigenvalue weighted by molar-refractivity contribution is 7.01. The molecule has 10 rings (SSSR count). The first-order valence-electron chi connectivity index (χ1n) is 18.6. The van der Waals surface area contributed by atoms with Crippen LogP contribution in [0.1, 0.15) is 26.3 Å². The minimum Gasteiger partial charge on any atom is -0.311 e. The molecule has 2 aliphatic heterocycles. The van der Waals surface area contributed by atoms with E-state index in [1.54, 1.807) is 0 Å². The maximum absolute atomic E-state index is 2.48. The van der Waals surface area contributed by atoms with E-state index in [9.17, 15) is 0 Å². The van der Waals surface area contributed by atoms with E-state index in [4.69, 9.17) is 0 Å². The van der Waals surface area contributed by atoms with E-state index < -0.39 is 0 Å². The van der Waals surface area contributed by atoms with Crippen molar-refractivity contribution in [3.05, 3.63) is 188 Å². The Bertz CT molecular complexity index is 2650. The number of para-hydroxylation sites is 2. The van der Waals surface area contributed by atoms with Crippen molar-refractivity contribution in [2.24, 2.45) is 0 Å². The summed E-state index contributed by atoms with van der Waals surface area (Å²) in [5.74, 6) is 0. The zero-order valence-electron chi connectivity index (χ0n) is 30.3. The summed E-state index contributed by atoms with van der Waals surface area (Å²) in [7, 11) is 0. The number of hydrogen-bond acceptors (Lipinski definition) is 2. The van der Waals surface area contributed by atoms with Crippen LogP contribution in [-0.2, 0) is 5.41 Å². The number of hydrogen-bond donors (Lipinski definition) is 0. The molecule has 0 fully saturated rings. The minimum absolute atomic E-state index is 0.114. The Balaban J connectivity index is 1.16. The first-order valence-corrected chi connectivity index (χ1v) is 18.6. The number of fused-ring (bicyclic) bond motifs is 6. The molecule has 0 spiro atoms. The van der Waals surface area contributed by atoms with Crippen LogP contribution in [0.5, 0.6) is 0 Å². The summed E-state index contributed by atoms with van der Waals surface area (Å²) >= 11 is 0. The second kappa shape index (κ2) is 12.1. The van der Waals surface area contributed by atoms with Crippen LogP contribution in [0.4, 0.5) is 34.1 Å². The second-order valence-corrected chi connectivity index (χ2v) is 15.4. The van der Waals surface area contributed by atoms with Gasteiger partial charge in [-0.05, 0) is 104 Å². The van der Waals surface area contributed by atoms with Gasteiger partial charge >= 0.3 is 0 Å². The monoisotopic (exact) mass is 678 g/mol. The number of nitrogens with zero attached hydrogens (tertiary/aromatic N) is 2. The molecule has 8 aromatic rings. The van der Waals surface area contributed by atoms with Crippen LogP contribution in [0, 0.1) is 0 Å². The normalized spacial score (nSPS) is 12.7. The lowest BCUT2D eigenvalue weighted by molar-refractivity contribution is 0.590. The third-order valence-electron chi connectivity index (χ3n) is 11.2. The highest BCUT2D eigenvalue weighted by atomic mass is 15.2. The van der Waals surface area contributed by atoms with Crippen LogP contribution in [0.2, 0.25) is 0 Å². The molecule has 2 aliphatic rings. The lowest BCUT2D eigenvalue weighted by atomic mass is 9.37. The molecule has 0 aliphatic carbocycles. The van der Waals surface area contributed by atoms with Gasteiger partial charge in [-0.3, -0.25) is 0 Å². The maximum Gasteiger partial charge on any atom is 0.248 e. The molecule has 2 heterocycles. The van der Waals surface area contributed by atoms with E-state index in [0.717, 1.165) is 11.4 Å². The molecule has 0 radical (unpaired) electrons. The summed E-state index contributed by atoms with van der Waals surface area (Å²) in [6, 6.07) is 67.2. The molecule has 2 nitrogen and oxygen atoms in total. The molecule has 0 bridgehead atoms. The summed E-state index contributed by atoms with van der Waals surface area (Å²) < 4.78 is 0. The van der Waals surface area contributed by atoms with Crippen LogP contribution in [0.3, 0.4) is 0 Å². The highest BCUT2D eigenvalue weighted by Crippen LogP contribution is 2.44. The van der Waals surface area contributed by atoms with Gasteiger partial charge < -0.3 is 9.80 Å². The van der Waals surface area contributed by atoms with Crippen LogP contribution < -0.4 is 26.2 Å². The molecule has 0 amide bonds. The van der Waals surface area contributed by atoms with Gasteiger partial charge in [-0.1, -0.05) is 154 Å². The number of rotatable bonds is 5. The van der Waals surface area contributed by atoms with E-state index in [2.05, 4.69) is 213 Å². The van der Waals surface area contributed by atoms with Gasteiger partial charge in [-0.2, -0.15) is 0 Å². The fourth-order valence-electron chi connectivity index (χ4n) is 8.65. The fourth-order valence-corrected chi connectivity index (χ4v) is 8.65. The van der Waals surface area contributed by atoms with Crippen LogP contribution in [0.15, 0.2) is 182 Å². The van der Waals surface area contributed by atoms with Crippen molar-refractivity contribution in [1.82, 2.24) is 0 Å². The van der Waals surface area contributed by atoms with Gasteiger partial charge in [0.15, 0.2) is 0 Å². The minimum atomic E-state index is 0.114. The maximum atomic E-state index is 2.48. The lowest BCUT2D eigenvalue weighted by Crippen LogP contribution is -2.54. The molecule has 8 aromatic carbocycles. The zero-order chi connectivity index (χ0) is 35.7. The van der Waals surface area contributed by atoms with Crippen molar-refractivity contribution in [2.75, 3.05) is 9.80 Å². The van der Waals surface area contributed by atoms with Gasteiger partial charge in [0.1, 0.15) is 0 Å². The van der Waals surface area contributed by atoms with E-state index in [1.807, 2.05) is 0 Å². The van der Waals surface area contributed by atoms with Crippen molar-refractivity contribution in [3.63, 3.8) is 0 Å². The Morgan fingerprint density at radius 1 is 0.491 bits per heavy atom. The molecule has 0 atom stereocenters. The summed E-state index contributed by atoms with van der Waals surface area (Å²) in [6.45, 7) is 6.96. The van der Waals surface area contributed by atoms with Crippen molar-refractivity contribution in [3.8, 4) is 22.3 Å². The van der Waals surface area contributed by atoms with Gasteiger partial charge in [0.05, 0.1) is 5.69 Å². The van der Waals surface area contributed by atoms with Crippen LogP contribution in [-0.4, -0.2) is 6.71 Å². The third kappa shape index (κ3) is 5.10. The molecule has 252 valence electrons. The van der Waals surface area contributed by atoms with Crippen molar-refractivity contribution >= 4 is 68.0 Å². The highest BCUT2D eigenvalue weighted by Gasteiger charge is 2.42. The second-order valence-electron chi connectivity index (χ2n) is 15.4. The SMILES string of the molecule is CC(C)(C)c1ccc(-c2ccc3c(c2)N(c2ccccc2)c2cccc4c2B3c2ccc(N(c3ccccc3)c3cccc5ccccc35)cc2-4)cc1. The summed E-state index contributed by atoms with van der Waals surface area (Å²) in [6.07, 6.45) is 0. The Morgan fingerprint density at radius 3 is 1.96 bits per heavy atom. The molecule has 0 unspecified atom stereocenters. The van der Waals surface area contributed by atoms with Crippen molar-refractivity contribution in [1.29, 1.82) is 0 Å². The number of benzene rings is 8. The van der Waals surface area contributed by atoms with Gasteiger partial charge in [0, 0.05) is 33.8 Å². The average Bonchev–Trinajstić information content (AvgIpc) is 3.53. The zero-order valence-corrected chi connectivity index (χ0v) is 30.3. The van der Waals surface area contributed by atoms with Gasteiger partial charge in [0.2, 0.25) is 6.71 Å². The molecule has 53 heavy (non-hydrogen) atoms. The Labute approximate surface area is 312 Å². The van der Waals surface area contributed by atoms with E-state index in [-0.39, 0.29) is 12.1 Å². The Kier molecular flexibility index (Phi) is 7.20. The van der Waals surface area contributed by atoms with Gasteiger partial charge in [0.25, 0.3) is 0 Å². The van der Waals surface area contributed by atoms with Crippen molar-refractivity contribution < 1.29 is 0 Å². The van der Waals surface area contributed by atoms with E-state index in [1.165, 1.54) is 77.7 Å². The van der Waals surface area contributed by atoms with Gasteiger partial charge in [-0.25, -0.2) is 0 Å². The molecular formula is C50H39BN2. The van der Waals surface area contributed by atoms with Gasteiger partial charge in [-0.15, -0.1) is 0 Å². The molecule has 0 saturated carbocycles. The molecular weight excluding hydrogens is 639 g/mol. The molecule has 3 heteroatoms. The van der Waals surface area contributed by atoms with E-state index >= 15 is 0 Å². The Morgan fingerprint density at radius 2 is 1.17 bits per heavy atom. The average molecular weight is 679 g/mol. The molecule has 0 aromatic heterocycles. The van der Waals surface area contributed by atoms with Crippen molar-refractivity contribution in [2.45, 2.75) is 26.2 Å².